The van der Waals surface area contributed by atoms with Crippen molar-refractivity contribution in [1.82, 2.24) is 15.6 Å². The van der Waals surface area contributed by atoms with E-state index in [-0.39, 0.29) is 46.9 Å². The highest BCUT2D eigenvalue weighted by molar-refractivity contribution is 14.0. The van der Waals surface area contributed by atoms with Crippen LogP contribution in [0.4, 0.5) is 13.2 Å². The van der Waals surface area contributed by atoms with E-state index in [1.807, 2.05) is 0 Å². The van der Waals surface area contributed by atoms with Gasteiger partial charge < -0.3 is 20.1 Å². The van der Waals surface area contributed by atoms with E-state index in [0.29, 0.717) is 18.7 Å². The number of halogens is 5. The van der Waals surface area contributed by atoms with Gasteiger partial charge in [0.1, 0.15) is 11.6 Å². The lowest BCUT2D eigenvalue weighted by Crippen LogP contribution is -2.47. The number of aliphatic imine (C=N–C) groups is 1. The van der Waals surface area contributed by atoms with Gasteiger partial charge in [0, 0.05) is 33.5 Å². The van der Waals surface area contributed by atoms with Crippen LogP contribution in [-0.2, 0) is 10.9 Å². The zero-order valence-corrected chi connectivity index (χ0v) is 19.5. The number of pyridine rings is 1. The lowest BCUT2D eigenvalue weighted by Gasteiger charge is -2.42. The van der Waals surface area contributed by atoms with Crippen LogP contribution < -0.4 is 15.4 Å². The fourth-order valence-corrected chi connectivity index (χ4v) is 3.23. The molecule has 0 spiro atoms. The van der Waals surface area contributed by atoms with E-state index in [1.54, 1.807) is 14.2 Å². The van der Waals surface area contributed by atoms with Gasteiger partial charge in [0.05, 0.1) is 12.1 Å². The molecule has 0 aliphatic heterocycles. The van der Waals surface area contributed by atoms with E-state index in [9.17, 15) is 13.2 Å². The first-order valence-electron chi connectivity index (χ1n) is 9.09. The molecule has 0 saturated heterocycles. The number of rotatable bonds is 9. The highest BCUT2D eigenvalue weighted by Crippen LogP contribution is 2.43. The van der Waals surface area contributed by atoms with E-state index in [2.05, 4.69) is 20.6 Å². The molecule has 6 nitrogen and oxygen atoms in total. The maximum absolute atomic E-state index is 12.6. The minimum atomic E-state index is -4.49. The first-order valence-corrected chi connectivity index (χ1v) is 9.46. The minimum Gasteiger partial charge on any atom is -0.475 e. The zero-order chi connectivity index (χ0) is 20.6. The van der Waals surface area contributed by atoms with Crippen LogP contribution in [0.15, 0.2) is 17.3 Å². The molecule has 1 heterocycles. The summed E-state index contributed by atoms with van der Waals surface area (Å²) >= 11 is 5.81. The Morgan fingerprint density at radius 2 is 2.03 bits per heavy atom. The Balaban J connectivity index is 0.00000420. The second-order valence-corrected chi connectivity index (χ2v) is 7.21. The Hall–Kier alpha value is -1.01. The summed E-state index contributed by atoms with van der Waals surface area (Å²) in [6, 6.07) is 0.801. The number of hydrogen-bond donors (Lipinski definition) is 2. The molecule has 0 aromatic carbocycles. The van der Waals surface area contributed by atoms with Gasteiger partial charge in [-0.2, -0.15) is 13.2 Å². The van der Waals surface area contributed by atoms with Crippen molar-refractivity contribution in [3.8, 4) is 5.88 Å². The van der Waals surface area contributed by atoms with Crippen molar-refractivity contribution in [1.29, 1.82) is 0 Å². The molecule has 1 fully saturated rings. The molecule has 1 aromatic rings. The third kappa shape index (κ3) is 7.97. The SMILES string of the molecule is CN=C(NCCOc1ncc(C(F)(F)F)cc1Cl)NCC1(CCOC)CCC1.I. The Labute approximate surface area is 191 Å². The average Bonchev–Trinajstić information content (AvgIpc) is 2.62. The molecule has 0 atom stereocenters. The van der Waals surface area contributed by atoms with Crippen LogP contribution in [0.3, 0.4) is 0 Å². The van der Waals surface area contributed by atoms with Gasteiger partial charge in [-0.1, -0.05) is 18.0 Å². The van der Waals surface area contributed by atoms with Crippen molar-refractivity contribution in [3.63, 3.8) is 0 Å². The van der Waals surface area contributed by atoms with Crippen LogP contribution >= 0.6 is 35.6 Å². The summed E-state index contributed by atoms with van der Waals surface area (Å²) in [7, 11) is 3.38. The van der Waals surface area contributed by atoms with Crippen LogP contribution in [0, 0.1) is 5.41 Å². The van der Waals surface area contributed by atoms with Crippen LogP contribution in [0.2, 0.25) is 5.02 Å². The van der Waals surface area contributed by atoms with E-state index in [0.717, 1.165) is 25.6 Å². The van der Waals surface area contributed by atoms with Crippen LogP contribution in [0.5, 0.6) is 5.88 Å². The fourth-order valence-electron chi connectivity index (χ4n) is 3.01. The first-order chi connectivity index (χ1) is 13.3. The van der Waals surface area contributed by atoms with Crippen molar-refractivity contribution in [2.75, 3.05) is 40.5 Å². The van der Waals surface area contributed by atoms with Gasteiger partial charge in [0.25, 0.3) is 0 Å². The van der Waals surface area contributed by atoms with Crippen LogP contribution in [0.1, 0.15) is 31.2 Å². The Morgan fingerprint density at radius 3 is 2.55 bits per heavy atom. The molecule has 1 aliphatic rings. The predicted molar refractivity (Wildman–Crippen MR) is 117 cm³/mol. The maximum atomic E-state index is 12.6. The molecule has 29 heavy (non-hydrogen) atoms. The third-order valence-corrected chi connectivity index (χ3v) is 5.14. The summed E-state index contributed by atoms with van der Waals surface area (Å²) in [4.78, 5) is 7.81. The third-order valence-electron chi connectivity index (χ3n) is 4.87. The van der Waals surface area contributed by atoms with Gasteiger partial charge in [-0.05, 0) is 30.7 Å². The normalized spacial score (nSPS) is 15.9. The largest absolute Gasteiger partial charge is 0.475 e. The number of nitrogens with one attached hydrogen (secondary N) is 2. The molecule has 0 amide bonds. The van der Waals surface area contributed by atoms with Crippen molar-refractivity contribution in [2.45, 2.75) is 31.9 Å². The molecule has 1 saturated carbocycles. The minimum absolute atomic E-state index is 0. The number of guanidine groups is 1. The van der Waals surface area contributed by atoms with Gasteiger partial charge in [0.15, 0.2) is 5.96 Å². The van der Waals surface area contributed by atoms with E-state index >= 15 is 0 Å². The molecule has 2 N–H and O–H groups in total. The average molecular weight is 551 g/mol. The Kier molecular flexibility index (Phi) is 10.8. The topological polar surface area (TPSA) is 67.8 Å². The smallest absolute Gasteiger partial charge is 0.417 e. The van der Waals surface area contributed by atoms with Crippen molar-refractivity contribution < 1.29 is 22.6 Å². The number of alkyl halides is 3. The van der Waals surface area contributed by atoms with Gasteiger partial charge in [-0.25, -0.2) is 4.98 Å². The lowest BCUT2D eigenvalue weighted by molar-refractivity contribution is -0.137. The standard InChI is InChI=1S/C18H26ClF3N4O2.HI/c1-23-16(26-12-17(4-3-5-17)6-8-27-2)24-7-9-28-15-14(19)10-13(11-25-15)18(20,21)22;/h10-11H,3-9,12H2,1-2H3,(H2,23,24,26);1H. The predicted octanol–water partition coefficient (Wildman–Crippen LogP) is 4.12. The number of ether oxygens (including phenoxy) is 2. The first kappa shape index (κ1) is 26.0. The molecular weight excluding hydrogens is 524 g/mol. The fraction of sp³-hybridized carbons (Fsp3) is 0.667. The Morgan fingerprint density at radius 1 is 1.31 bits per heavy atom. The highest BCUT2D eigenvalue weighted by Gasteiger charge is 2.36. The molecule has 0 radical (unpaired) electrons. The second kappa shape index (κ2) is 12.0. The lowest BCUT2D eigenvalue weighted by atomic mass is 9.67. The molecule has 1 aromatic heterocycles. The molecule has 1 aliphatic carbocycles. The van der Waals surface area contributed by atoms with Gasteiger partial charge in [0.2, 0.25) is 5.88 Å². The number of hydrogen-bond acceptors (Lipinski definition) is 4. The molecular formula is C18H27ClF3IN4O2. The highest BCUT2D eigenvalue weighted by atomic mass is 127. The summed E-state index contributed by atoms with van der Waals surface area (Å²) in [6.07, 6.45) is 0.785. The second-order valence-electron chi connectivity index (χ2n) is 6.81. The molecule has 0 unspecified atom stereocenters. The summed E-state index contributed by atoms with van der Waals surface area (Å²) in [6.45, 7) is 2.11. The van der Waals surface area contributed by atoms with Gasteiger partial charge in [-0.3, -0.25) is 4.99 Å². The van der Waals surface area contributed by atoms with E-state index in [4.69, 9.17) is 21.1 Å². The van der Waals surface area contributed by atoms with Gasteiger partial charge in [-0.15, -0.1) is 24.0 Å². The maximum Gasteiger partial charge on any atom is 0.417 e. The van der Waals surface area contributed by atoms with Crippen molar-refractivity contribution >= 4 is 41.5 Å². The van der Waals surface area contributed by atoms with Gasteiger partial charge >= 0.3 is 6.18 Å². The Bertz CT molecular complexity index is 673. The quantitative estimate of drug-likeness (QED) is 0.210. The summed E-state index contributed by atoms with van der Waals surface area (Å²) in [5, 5.41) is 6.24. The van der Waals surface area contributed by atoms with Crippen molar-refractivity contribution in [2.24, 2.45) is 10.4 Å². The monoisotopic (exact) mass is 550 g/mol. The van der Waals surface area contributed by atoms with E-state index in [1.165, 1.54) is 19.3 Å². The molecule has 0 bridgehead atoms. The summed E-state index contributed by atoms with van der Waals surface area (Å²) < 4.78 is 48.4. The van der Waals surface area contributed by atoms with Crippen LogP contribution in [0.25, 0.3) is 0 Å². The number of methoxy groups -OCH3 is 1. The summed E-state index contributed by atoms with van der Waals surface area (Å²) in [5.74, 6) is 0.603. The van der Waals surface area contributed by atoms with Crippen molar-refractivity contribution in [3.05, 3.63) is 22.8 Å². The molecule has 11 heteroatoms. The summed E-state index contributed by atoms with van der Waals surface area (Å²) in [5.41, 5.74) is -0.659. The van der Waals surface area contributed by atoms with Crippen LogP contribution in [-0.4, -0.2) is 51.4 Å². The molecule has 2 rings (SSSR count). The zero-order valence-electron chi connectivity index (χ0n) is 16.4. The van der Waals surface area contributed by atoms with E-state index < -0.39 is 11.7 Å². The molecule has 166 valence electrons. The number of nitrogens with zero attached hydrogens (tertiary/aromatic N) is 2. The number of aromatic nitrogens is 1.